The molecule has 0 spiro atoms. The summed E-state index contributed by atoms with van der Waals surface area (Å²) in [4.78, 5) is 10.9. The molecular formula is C16H17BrFN7. The molecule has 0 amide bonds. The zero-order valence-electron chi connectivity index (χ0n) is 13.4. The number of aromatic nitrogens is 1. The minimum Gasteiger partial charge on any atom is -0.382 e. The van der Waals surface area contributed by atoms with Crippen molar-refractivity contribution in [3.8, 4) is 0 Å². The molecule has 0 aliphatic carbocycles. The Kier molecular flexibility index (Phi) is 6.18. The largest absolute Gasteiger partial charge is 0.382 e. The van der Waals surface area contributed by atoms with E-state index in [4.69, 9.17) is 17.0 Å². The van der Waals surface area contributed by atoms with Gasteiger partial charge in [0.2, 0.25) is 0 Å². The third-order valence-electron chi connectivity index (χ3n) is 3.50. The maximum absolute atomic E-state index is 13.6. The minimum atomic E-state index is -0.427. The van der Waals surface area contributed by atoms with E-state index in [1.165, 1.54) is 12.3 Å². The number of nitrogens with two attached hydrogens (primary N) is 2. The van der Waals surface area contributed by atoms with Gasteiger partial charge in [-0.15, -0.1) is 0 Å². The predicted octanol–water partition coefficient (Wildman–Crippen LogP) is 3.05. The van der Waals surface area contributed by atoms with Crippen molar-refractivity contribution in [2.45, 2.75) is 12.8 Å². The van der Waals surface area contributed by atoms with Gasteiger partial charge in [0.15, 0.2) is 0 Å². The van der Waals surface area contributed by atoms with Crippen molar-refractivity contribution in [1.82, 2.24) is 4.98 Å². The molecule has 9 heteroatoms. The smallest absolute Gasteiger partial charge is 0.150 e. The number of hydrazone groups is 1. The van der Waals surface area contributed by atoms with Crippen LogP contribution in [0, 0.1) is 11.2 Å². The van der Waals surface area contributed by atoms with Gasteiger partial charge in [0.1, 0.15) is 18.0 Å². The molecule has 0 saturated carbocycles. The number of nitrogens with zero attached hydrogens (tertiary/aromatic N) is 3. The van der Waals surface area contributed by atoms with E-state index in [-0.39, 0.29) is 17.4 Å². The molecule has 0 fully saturated rings. The highest BCUT2D eigenvalue weighted by atomic mass is 79.9. The van der Waals surface area contributed by atoms with Gasteiger partial charge in [-0.1, -0.05) is 19.1 Å². The number of hydrogen-bond acceptors (Lipinski definition) is 4. The van der Waals surface area contributed by atoms with Gasteiger partial charge in [-0.05, 0) is 34.1 Å². The summed E-state index contributed by atoms with van der Waals surface area (Å²) in [5.41, 5.74) is 7.75. The lowest BCUT2D eigenvalue weighted by Crippen LogP contribution is -2.16. The number of rotatable bonds is 6. The summed E-state index contributed by atoms with van der Waals surface area (Å²) in [5, 5.41) is 10.7. The molecule has 6 N–H and O–H groups in total. The molecule has 7 nitrogen and oxygen atoms in total. The van der Waals surface area contributed by atoms with E-state index >= 15 is 0 Å². The number of para-hydroxylation sites is 1. The second kappa shape index (κ2) is 8.34. The lowest BCUT2D eigenvalue weighted by Gasteiger charge is -2.08. The highest BCUT2D eigenvalue weighted by Crippen LogP contribution is 2.24. The molecule has 0 radical (unpaired) electrons. The molecule has 1 aromatic carbocycles. The summed E-state index contributed by atoms with van der Waals surface area (Å²) in [5.74, 6) is 4.96. The van der Waals surface area contributed by atoms with E-state index in [9.17, 15) is 4.39 Å². The van der Waals surface area contributed by atoms with Crippen LogP contribution < -0.4 is 11.6 Å². The number of H-pyrrole nitrogens is 1. The second-order valence-corrected chi connectivity index (χ2v) is 5.93. The monoisotopic (exact) mass is 405 g/mol. The maximum Gasteiger partial charge on any atom is 0.150 e. The minimum absolute atomic E-state index is 0.173. The van der Waals surface area contributed by atoms with Crippen molar-refractivity contribution in [3.05, 3.63) is 52.0 Å². The highest BCUT2D eigenvalue weighted by molar-refractivity contribution is 9.10. The van der Waals surface area contributed by atoms with Gasteiger partial charge in [-0.3, -0.25) is 10.4 Å². The molecule has 25 heavy (non-hydrogen) atoms. The molecule has 0 aliphatic rings. The predicted molar refractivity (Wildman–Crippen MR) is 103 cm³/mol. The lowest BCUT2D eigenvalue weighted by atomic mass is 10.0. The van der Waals surface area contributed by atoms with Gasteiger partial charge in [-0.25, -0.2) is 9.38 Å². The quantitative estimate of drug-likeness (QED) is 0.255. The van der Waals surface area contributed by atoms with Crippen LogP contribution in [0.25, 0.3) is 0 Å². The first-order valence-electron chi connectivity index (χ1n) is 7.25. The van der Waals surface area contributed by atoms with Crippen LogP contribution in [0.4, 0.5) is 10.1 Å². The fraction of sp³-hybridized carbons (Fsp3) is 0.125. The first-order valence-corrected chi connectivity index (χ1v) is 8.04. The Bertz CT molecular complexity index is 854. The van der Waals surface area contributed by atoms with Gasteiger partial charge < -0.3 is 16.6 Å². The van der Waals surface area contributed by atoms with Crippen molar-refractivity contribution in [2.75, 3.05) is 0 Å². The Balaban J connectivity index is 2.28. The van der Waals surface area contributed by atoms with Crippen molar-refractivity contribution < 1.29 is 4.39 Å². The topological polar surface area (TPSA) is 129 Å². The van der Waals surface area contributed by atoms with Gasteiger partial charge in [0, 0.05) is 16.1 Å². The summed E-state index contributed by atoms with van der Waals surface area (Å²) in [7, 11) is 0. The van der Waals surface area contributed by atoms with Gasteiger partial charge in [0.25, 0.3) is 0 Å². The molecule has 0 aliphatic heterocycles. The van der Waals surface area contributed by atoms with Crippen LogP contribution in [0.5, 0.6) is 0 Å². The van der Waals surface area contributed by atoms with Crippen molar-refractivity contribution in [1.29, 1.82) is 5.41 Å². The van der Waals surface area contributed by atoms with Crippen LogP contribution in [0.15, 0.2) is 49.9 Å². The molecule has 2 rings (SSSR count). The Morgan fingerprint density at radius 3 is 2.76 bits per heavy atom. The molecule has 1 unspecified atom stereocenters. The van der Waals surface area contributed by atoms with Gasteiger partial charge in [0.05, 0.1) is 23.3 Å². The number of benzene rings is 1. The SMILES string of the molecule is CC(C(C=Nc1ccccc1F)=NN)c1cc(Br)c(C(N)=NC=N)[nH]1. The van der Waals surface area contributed by atoms with E-state index in [2.05, 4.69) is 36.0 Å². The van der Waals surface area contributed by atoms with Crippen LogP contribution in [0.1, 0.15) is 24.2 Å². The molecule has 2 aromatic rings. The summed E-state index contributed by atoms with van der Waals surface area (Å²) in [6.07, 6.45) is 2.28. The fourth-order valence-corrected chi connectivity index (χ4v) is 2.66. The normalized spacial score (nSPS) is 14.0. The summed E-state index contributed by atoms with van der Waals surface area (Å²) >= 11 is 3.39. The van der Waals surface area contributed by atoms with E-state index in [1.807, 2.05) is 13.0 Å². The Morgan fingerprint density at radius 2 is 2.12 bits per heavy atom. The number of aliphatic imine (C=N–C) groups is 2. The molecule has 1 aromatic heterocycles. The average Bonchev–Trinajstić information content (AvgIpc) is 2.99. The number of aromatic amines is 1. The molecule has 130 valence electrons. The van der Waals surface area contributed by atoms with Crippen molar-refractivity contribution in [2.24, 2.45) is 26.7 Å². The van der Waals surface area contributed by atoms with E-state index in [0.29, 0.717) is 15.9 Å². The summed E-state index contributed by atoms with van der Waals surface area (Å²) in [6, 6.07) is 7.98. The summed E-state index contributed by atoms with van der Waals surface area (Å²) < 4.78 is 14.3. The van der Waals surface area contributed by atoms with E-state index in [0.717, 1.165) is 12.0 Å². The standard InChI is InChI=1S/C16H17BrFN7/c1-9(13-6-10(17)15(24-13)16(20)23-8-19)14(25-21)7-22-12-5-3-2-4-11(12)18/h2-9,24H,21H2,1H3,(H3,19,20,23). The third kappa shape index (κ3) is 4.38. The first kappa shape index (κ1) is 18.5. The van der Waals surface area contributed by atoms with Crippen LogP contribution in [-0.2, 0) is 0 Å². The molecular weight excluding hydrogens is 389 g/mol. The summed E-state index contributed by atoms with van der Waals surface area (Å²) in [6.45, 7) is 1.87. The van der Waals surface area contributed by atoms with Crippen molar-refractivity contribution in [3.63, 3.8) is 0 Å². The van der Waals surface area contributed by atoms with Gasteiger partial charge >= 0.3 is 0 Å². The maximum atomic E-state index is 13.6. The Labute approximate surface area is 152 Å². The third-order valence-corrected chi connectivity index (χ3v) is 4.12. The first-order chi connectivity index (χ1) is 12.0. The molecule has 0 saturated heterocycles. The fourth-order valence-electron chi connectivity index (χ4n) is 2.11. The zero-order chi connectivity index (χ0) is 18.4. The Hall–Kier alpha value is -2.81. The number of nitrogens with one attached hydrogen (secondary N) is 2. The number of hydrogen-bond donors (Lipinski definition) is 4. The molecule has 0 bridgehead atoms. The van der Waals surface area contributed by atoms with E-state index < -0.39 is 5.82 Å². The molecule has 1 atom stereocenters. The Morgan fingerprint density at radius 1 is 1.40 bits per heavy atom. The van der Waals surface area contributed by atoms with E-state index in [1.54, 1.807) is 18.2 Å². The number of amidine groups is 1. The van der Waals surface area contributed by atoms with Crippen LogP contribution >= 0.6 is 15.9 Å². The second-order valence-electron chi connectivity index (χ2n) is 5.08. The van der Waals surface area contributed by atoms with Crippen LogP contribution in [-0.4, -0.2) is 29.1 Å². The average molecular weight is 406 g/mol. The highest BCUT2D eigenvalue weighted by Gasteiger charge is 2.17. The van der Waals surface area contributed by atoms with Crippen LogP contribution in [0.3, 0.4) is 0 Å². The number of halogens is 2. The molecule has 1 heterocycles. The zero-order valence-corrected chi connectivity index (χ0v) is 15.0. The lowest BCUT2D eigenvalue weighted by molar-refractivity contribution is 0.630. The van der Waals surface area contributed by atoms with Crippen LogP contribution in [0.2, 0.25) is 0 Å². The van der Waals surface area contributed by atoms with Crippen molar-refractivity contribution >= 4 is 45.7 Å². The van der Waals surface area contributed by atoms with Gasteiger partial charge in [-0.2, -0.15) is 5.10 Å².